The van der Waals surface area contributed by atoms with Crippen LogP contribution in [0.1, 0.15) is 20.3 Å². The first-order valence-electron chi connectivity index (χ1n) is 5.11. The number of nitrogens with one attached hydrogen (secondary N) is 1. The molecule has 0 aromatic rings. The van der Waals surface area contributed by atoms with E-state index in [0.717, 1.165) is 6.42 Å². The Labute approximate surface area is 90.5 Å². The van der Waals surface area contributed by atoms with E-state index >= 15 is 0 Å². The van der Waals surface area contributed by atoms with Gasteiger partial charge in [-0.25, -0.2) is 0 Å². The summed E-state index contributed by atoms with van der Waals surface area (Å²) in [6, 6.07) is 0. The summed E-state index contributed by atoms with van der Waals surface area (Å²) in [6.45, 7) is 4.10. The van der Waals surface area contributed by atoms with Crippen LogP contribution in [0.4, 0.5) is 0 Å². The molecular formula is C11H16BNO2. The molecule has 4 heteroatoms. The van der Waals surface area contributed by atoms with E-state index in [1.165, 1.54) is 0 Å². The van der Waals surface area contributed by atoms with Crippen LogP contribution in [0, 0.1) is 11.3 Å². The van der Waals surface area contributed by atoms with E-state index in [2.05, 4.69) is 6.92 Å². The van der Waals surface area contributed by atoms with Gasteiger partial charge in [-0.1, -0.05) is 38.5 Å². The zero-order chi connectivity index (χ0) is 11.4. The number of allylic oxidation sites excluding steroid dienone is 6. The molecule has 1 rings (SSSR count). The van der Waals surface area contributed by atoms with E-state index in [4.69, 9.17) is 15.5 Å². The molecule has 1 atom stereocenters. The molecule has 0 saturated carbocycles. The highest BCUT2D eigenvalue weighted by Crippen LogP contribution is 2.20. The Morgan fingerprint density at radius 1 is 1.53 bits per heavy atom. The lowest BCUT2D eigenvalue weighted by Gasteiger charge is -2.15. The van der Waals surface area contributed by atoms with E-state index in [-0.39, 0.29) is 0 Å². The second-order valence-corrected chi connectivity index (χ2v) is 3.73. The van der Waals surface area contributed by atoms with Crippen LogP contribution in [0.3, 0.4) is 0 Å². The molecular weight excluding hydrogens is 189 g/mol. The van der Waals surface area contributed by atoms with Crippen molar-refractivity contribution < 1.29 is 10.0 Å². The van der Waals surface area contributed by atoms with Crippen molar-refractivity contribution in [3.63, 3.8) is 0 Å². The number of rotatable bonds is 3. The van der Waals surface area contributed by atoms with E-state index in [0.29, 0.717) is 22.7 Å². The fraction of sp³-hybridized carbons (Fsp3) is 0.364. The molecule has 0 fully saturated rings. The van der Waals surface area contributed by atoms with Crippen molar-refractivity contribution in [3.05, 3.63) is 35.3 Å². The lowest BCUT2D eigenvalue weighted by atomic mass is 9.71. The maximum absolute atomic E-state index is 9.17. The molecule has 80 valence electrons. The molecule has 0 aliphatic heterocycles. The van der Waals surface area contributed by atoms with Crippen molar-refractivity contribution in [2.45, 2.75) is 20.3 Å². The molecule has 3 N–H and O–H groups in total. The van der Waals surface area contributed by atoms with Crippen molar-refractivity contribution in [2.24, 2.45) is 5.92 Å². The second kappa shape index (κ2) is 5.10. The van der Waals surface area contributed by atoms with Gasteiger partial charge in [-0.2, -0.15) is 0 Å². The number of hydrogen-bond donors (Lipinski definition) is 3. The first kappa shape index (κ1) is 11.9. The molecule has 1 aliphatic rings. The third-order valence-electron chi connectivity index (χ3n) is 2.51. The molecule has 0 heterocycles. The third-order valence-corrected chi connectivity index (χ3v) is 2.51. The minimum Gasteiger partial charge on any atom is -0.423 e. The summed E-state index contributed by atoms with van der Waals surface area (Å²) < 4.78 is 0. The van der Waals surface area contributed by atoms with Crippen LogP contribution in [-0.4, -0.2) is 22.9 Å². The highest BCUT2D eigenvalue weighted by atomic mass is 16.4. The van der Waals surface area contributed by atoms with Crippen LogP contribution in [0.15, 0.2) is 35.3 Å². The van der Waals surface area contributed by atoms with E-state index in [1.54, 1.807) is 18.2 Å². The average Bonchev–Trinajstić information content (AvgIpc) is 2.20. The van der Waals surface area contributed by atoms with Gasteiger partial charge >= 0.3 is 7.12 Å². The smallest absolute Gasteiger partial charge is 0.423 e. The van der Waals surface area contributed by atoms with Gasteiger partial charge in [0.2, 0.25) is 0 Å². The Bertz CT molecular complexity index is 342. The first-order valence-corrected chi connectivity index (χ1v) is 5.11. The van der Waals surface area contributed by atoms with Gasteiger partial charge in [-0.3, -0.25) is 0 Å². The highest BCUT2D eigenvalue weighted by molar-refractivity contribution is 6.54. The Hall–Kier alpha value is -1.13. The molecule has 0 spiro atoms. The number of hydrogen-bond acceptors (Lipinski definition) is 3. The summed E-state index contributed by atoms with van der Waals surface area (Å²) in [4.78, 5) is 0. The molecule has 0 aromatic carbocycles. The average molecular weight is 205 g/mol. The predicted octanol–water partition coefficient (Wildman–Crippen LogP) is 1.49. The van der Waals surface area contributed by atoms with Gasteiger partial charge < -0.3 is 15.5 Å². The van der Waals surface area contributed by atoms with Crippen molar-refractivity contribution in [1.29, 1.82) is 5.41 Å². The fourth-order valence-electron chi connectivity index (χ4n) is 1.40. The van der Waals surface area contributed by atoms with Gasteiger partial charge in [-0.15, -0.1) is 0 Å². The van der Waals surface area contributed by atoms with E-state index in [9.17, 15) is 0 Å². The van der Waals surface area contributed by atoms with Gasteiger partial charge in [0.05, 0.1) is 5.71 Å². The van der Waals surface area contributed by atoms with Gasteiger partial charge in [0.25, 0.3) is 0 Å². The van der Waals surface area contributed by atoms with Crippen molar-refractivity contribution >= 4 is 12.8 Å². The molecule has 1 aliphatic carbocycles. The summed E-state index contributed by atoms with van der Waals surface area (Å²) >= 11 is 0. The summed E-state index contributed by atoms with van der Waals surface area (Å²) in [7, 11) is -1.51. The second-order valence-electron chi connectivity index (χ2n) is 3.73. The maximum atomic E-state index is 9.17. The van der Waals surface area contributed by atoms with Crippen molar-refractivity contribution in [2.75, 3.05) is 0 Å². The van der Waals surface area contributed by atoms with Crippen LogP contribution < -0.4 is 0 Å². The minimum absolute atomic E-state index is 0.328. The summed E-state index contributed by atoms with van der Waals surface area (Å²) in [5.74, 6) is 0.328. The van der Waals surface area contributed by atoms with Crippen LogP contribution >= 0.6 is 0 Å². The van der Waals surface area contributed by atoms with Crippen LogP contribution in [-0.2, 0) is 0 Å². The Morgan fingerprint density at radius 2 is 2.20 bits per heavy atom. The quantitative estimate of drug-likeness (QED) is 0.611. The Morgan fingerprint density at radius 3 is 2.73 bits per heavy atom. The zero-order valence-electron chi connectivity index (χ0n) is 9.07. The van der Waals surface area contributed by atoms with Crippen LogP contribution in [0.2, 0.25) is 0 Å². The maximum Gasteiger partial charge on any atom is 0.489 e. The molecule has 0 amide bonds. The van der Waals surface area contributed by atoms with Crippen molar-refractivity contribution in [3.8, 4) is 0 Å². The molecule has 3 nitrogen and oxygen atoms in total. The Balaban J connectivity index is 3.03. The van der Waals surface area contributed by atoms with Gasteiger partial charge in [0, 0.05) is 0 Å². The van der Waals surface area contributed by atoms with Crippen LogP contribution in [0.25, 0.3) is 0 Å². The molecule has 15 heavy (non-hydrogen) atoms. The van der Waals surface area contributed by atoms with Crippen LogP contribution in [0.5, 0.6) is 0 Å². The summed E-state index contributed by atoms with van der Waals surface area (Å²) in [5.41, 5.74) is 1.37. The molecule has 0 bridgehead atoms. The lowest BCUT2D eigenvalue weighted by molar-refractivity contribution is 0.420. The van der Waals surface area contributed by atoms with E-state index in [1.807, 2.05) is 13.0 Å². The molecule has 1 unspecified atom stereocenters. The Kier molecular flexibility index (Phi) is 4.06. The SMILES string of the molecule is CCC(C)/C=C1\C(=N)C=CC=C1B(O)O. The largest absolute Gasteiger partial charge is 0.489 e. The summed E-state index contributed by atoms with van der Waals surface area (Å²) in [5, 5.41) is 26.1. The topological polar surface area (TPSA) is 64.3 Å². The lowest BCUT2D eigenvalue weighted by Crippen LogP contribution is -2.22. The van der Waals surface area contributed by atoms with Gasteiger partial charge in [0.15, 0.2) is 0 Å². The molecule has 0 saturated heterocycles. The van der Waals surface area contributed by atoms with Gasteiger partial charge in [0.1, 0.15) is 0 Å². The molecule has 0 radical (unpaired) electrons. The fourth-order valence-corrected chi connectivity index (χ4v) is 1.40. The standard InChI is InChI=1S/C11H16BNO2/c1-3-8(2)7-9-10(12(14)15)5-4-6-11(9)13/h4-8,13-15H,3H2,1-2H3/b9-7-,13-11?. The van der Waals surface area contributed by atoms with E-state index < -0.39 is 7.12 Å². The normalized spacial score (nSPS) is 20.4. The third kappa shape index (κ3) is 2.91. The van der Waals surface area contributed by atoms with Crippen molar-refractivity contribution in [1.82, 2.24) is 0 Å². The predicted molar refractivity (Wildman–Crippen MR) is 62.7 cm³/mol. The monoisotopic (exact) mass is 205 g/mol. The molecule has 0 aromatic heterocycles. The zero-order valence-corrected chi connectivity index (χ0v) is 9.07. The van der Waals surface area contributed by atoms with Gasteiger partial charge in [-0.05, 0) is 23.0 Å². The minimum atomic E-state index is -1.51. The highest BCUT2D eigenvalue weighted by Gasteiger charge is 2.22. The summed E-state index contributed by atoms with van der Waals surface area (Å²) in [6.07, 6.45) is 7.83. The first-order chi connectivity index (χ1) is 7.06.